The minimum Gasteiger partial charge on any atom is -0.478 e. The molecule has 1 saturated heterocycles. The van der Waals surface area contributed by atoms with Gasteiger partial charge in [0.25, 0.3) is 0 Å². The topological polar surface area (TPSA) is 69.6 Å². The number of aromatic carboxylic acids is 1. The monoisotopic (exact) mass is 236 g/mol. The summed E-state index contributed by atoms with van der Waals surface area (Å²) in [6.45, 7) is 4.56. The van der Waals surface area contributed by atoms with Crippen LogP contribution in [0.3, 0.4) is 0 Å². The first-order chi connectivity index (χ1) is 8.09. The van der Waals surface area contributed by atoms with Crippen molar-refractivity contribution in [3.63, 3.8) is 0 Å². The van der Waals surface area contributed by atoms with Crippen molar-refractivity contribution in [1.29, 1.82) is 0 Å². The van der Waals surface area contributed by atoms with Crippen molar-refractivity contribution in [3.05, 3.63) is 17.8 Å². The van der Waals surface area contributed by atoms with Crippen molar-refractivity contribution in [2.75, 3.05) is 31.6 Å². The molecule has 1 unspecified atom stereocenters. The number of likely N-dealkylation sites (N-methyl/N-ethyl adjacent to an activating group) is 1. The van der Waals surface area contributed by atoms with Crippen molar-refractivity contribution in [3.8, 4) is 0 Å². The summed E-state index contributed by atoms with van der Waals surface area (Å²) in [5.74, 6) is -0.485. The van der Waals surface area contributed by atoms with Crippen LogP contribution < -0.4 is 4.90 Å². The van der Waals surface area contributed by atoms with E-state index >= 15 is 0 Å². The van der Waals surface area contributed by atoms with Gasteiger partial charge < -0.3 is 14.9 Å². The molecule has 0 saturated carbocycles. The number of carboxylic acids is 1. The number of hydrogen-bond acceptors (Lipinski definition) is 5. The lowest BCUT2D eigenvalue weighted by Crippen LogP contribution is -2.50. The number of carboxylic acid groups (broad SMARTS) is 1. The summed E-state index contributed by atoms with van der Waals surface area (Å²) >= 11 is 0. The number of piperazine rings is 1. The van der Waals surface area contributed by atoms with Crippen LogP contribution in [-0.4, -0.2) is 58.9 Å². The zero-order chi connectivity index (χ0) is 12.4. The van der Waals surface area contributed by atoms with Gasteiger partial charge in [-0.05, 0) is 20.0 Å². The lowest BCUT2D eigenvalue weighted by Gasteiger charge is -2.38. The summed E-state index contributed by atoms with van der Waals surface area (Å²) in [5.41, 5.74) is 0.219. The molecule has 1 aliphatic rings. The summed E-state index contributed by atoms with van der Waals surface area (Å²) in [5, 5.41) is 16.8. The van der Waals surface area contributed by atoms with Crippen LogP contribution in [0.15, 0.2) is 12.3 Å². The van der Waals surface area contributed by atoms with E-state index in [-0.39, 0.29) is 5.56 Å². The molecule has 0 aliphatic carbocycles. The number of nitrogens with zero attached hydrogens (tertiary/aromatic N) is 4. The van der Waals surface area contributed by atoms with Crippen LogP contribution in [0.4, 0.5) is 5.82 Å². The molecule has 1 aromatic heterocycles. The maximum atomic E-state index is 11.1. The summed E-state index contributed by atoms with van der Waals surface area (Å²) < 4.78 is 0. The zero-order valence-electron chi connectivity index (χ0n) is 10.00. The maximum absolute atomic E-state index is 11.1. The molecular weight excluding hydrogens is 220 g/mol. The molecule has 1 aromatic rings. The van der Waals surface area contributed by atoms with Crippen LogP contribution in [0.2, 0.25) is 0 Å². The first kappa shape index (κ1) is 11.8. The van der Waals surface area contributed by atoms with E-state index in [0.717, 1.165) is 19.6 Å². The molecular formula is C11H16N4O2. The predicted molar refractivity (Wildman–Crippen MR) is 63.3 cm³/mol. The molecule has 1 atom stereocenters. The maximum Gasteiger partial charge on any atom is 0.339 e. The van der Waals surface area contributed by atoms with Crippen LogP contribution in [0, 0.1) is 0 Å². The smallest absolute Gasteiger partial charge is 0.339 e. The fraction of sp³-hybridized carbons (Fsp3) is 0.545. The highest BCUT2D eigenvalue weighted by Crippen LogP contribution is 2.19. The highest BCUT2D eigenvalue weighted by Gasteiger charge is 2.25. The Hall–Kier alpha value is -1.69. The summed E-state index contributed by atoms with van der Waals surface area (Å²) in [4.78, 5) is 15.3. The van der Waals surface area contributed by atoms with Crippen molar-refractivity contribution in [1.82, 2.24) is 15.1 Å². The summed E-state index contributed by atoms with van der Waals surface area (Å²) in [6, 6.07) is 1.88. The van der Waals surface area contributed by atoms with E-state index in [1.807, 2.05) is 4.90 Å². The number of rotatable bonds is 2. The van der Waals surface area contributed by atoms with Crippen molar-refractivity contribution in [2.45, 2.75) is 13.0 Å². The Bertz CT molecular complexity index is 424. The van der Waals surface area contributed by atoms with Crippen molar-refractivity contribution in [2.24, 2.45) is 0 Å². The van der Waals surface area contributed by atoms with Crippen molar-refractivity contribution >= 4 is 11.8 Å². The number of anilines is 1. The predicted octanol–water partition coefficient (Wildman–Crippen LogP) is 0.315. The zero-order valence-corrected chi connectivity index (χ0v) is 10.00. The van der Waals surface area contributed by atoms with E-state index in [2.05, 4.69) is 29.1 Å². The van der Waals surface area contributed by atoms with Gasteiger partial charge in [-0.15, -0.1) is 5.10 Å². The van der Waals surface area contributed by atoms with Gasteiger partial charge in [0.05, 0.1) is 6.20 Å². The second-order valence-electron chi connectivity index (χ2n) is 4.35. The molecule has 0 aromatic carbocycles. The first-order valence-corrected chi connectivity index (χ1v) is 5.59. The minimum atomic E-state index is -0.957. The van der Waals surface area contributed by atoms with Gasteiger partial charge in [-0.25, -0.2) is 4.79 Å². The molecule has 2 rings (SSSR count). The van der Waals surface area contributed by atoms with Crippen LogP contribution in [0.25, 0.3) is 0 Å². The van der Waals surface area contributed by atoms with Gasteiger partial charge in [-0.1, -0.05) is 0 Å². The fourth-order valence-electron chi connectivity index (χ4n) is 1.97. The molecule has 1 fully saturated rings. The Morgan fingerprint density at radius 2 is 2.29 bits per heavy atom. The minimum absolute atomic E-state index is 0.219. The Labute approximate surface area is 99.9 Å². The second-order valence-corrected chi connectivity index (χ2v) is 4.35. The Balaban J connectivity index is 2.25. The van der Waals surface area contributed by atoms with E-state index < -0.39 is 5.97 Å². The molecule has 17 heavy (non-hydrogen) atoms. The Morgan fingerprint density at radius 3 is 2.94 bits per heavy atom. The SMILES string of the molecule is CC1CN(c2nnccc2C(=O)O)CCN1C. The molecule has 92 valence electrons. The molecule has 1 N–H and O–H groups in total. The van der Waals surface area contributed by atoms with Gasteiger partial charge in [0.1, 0.15) is 5.56 Å². The number of carbonyl (C=O) groups is 1. The van der Waals surface area contributed by atoms with Crippen LogP contribution in [-0.2, 0) is 0 Å². The molecule has 0 amide bonds. The molecule has 0 bridgehead atoms. The summed E-state index contributed by atoms with van der Waals surface area (Å²) in [7, 11) is 2.07. The lowest BCUT2D eigenvalue weighted by atomic mass is 10.2. The van der Waals surface area contributed by atoms with E-state index in [4.69, 9.17) is 5.11 Å². The van der Waals surface area contributed by atoms with Crippen LogP contribution >= 0.6 is 0 Å². The Morgan fingerprint density at radius 1 is 1.53 bits per heavy atom. The highest BCUT2D eigenvalue weighted by molar-refractivity contribution is 5.93. The molecule has 0 spiro atoms. The molecule has 2 heterocycles. The third-order valence-corrected chi connectivity index (χ3v) is 3.19. The second kappa shape index (κ2) is 4.67. The molecule has 6 heteroatoms. The van der Waals surface area contributed by atoms with E-state index in [0.29, 0.717) is 11.9 Å². The van der Waals surface area contributed by atoms with Gasteiger partial charge in [0.15, 0.2) is 5.82 Å². The summed E-state index contributed by atoms with van der Waals surface area (Å²) in [6.07, 6.45) is 1.41. The standard InChI is InChI=1S/C11H16N4O2/c1-8-7-15(6-5-14(8)2)10-9(11(16)17)3-4-12-13-10/h3-4,8H,5-7H2,1-2H3,(H,16,17). The fourth-order valence-corrected chi connectivity index (χ4v) is 1.97. The van der Waals surface area contributed by atoms with Crippen molar-refractivity contribution < 1.29 is 9.90 Å². The van der Waals surface area contributed by atoms with E-state index in [9.17, 15) is 4.79 Å². The normalized spacial score (nSPS) is 21.5. The molecule has 0 radical (unpaired) electrons. The van der Waals surface area contributed by atoms with Crippen LogP contribution in [0.5, 0.6) is 0 Å². The quantitative estimate of drug-likeness (QED) is 0.797. The molecule has 6 nitrogen and oxygen atoms in total. The van der Waals surface area contributed by atoms with Gasteiger partial charge in [-0.2, -0.15) is 5.10 Å². The van der Waals surface area contributed by atoms with Gasteiger partial charge >= 0.3 is 5.97 Å². The van der Waals surface area contributed by atoms with E-state index in [1.165, 1.54) is 12.3 Å². The van der Waals surface area contributed by atoms with Gasteiger partial charge in [-0.3, -0.25) is 0 Å². The average Bonchev–Trinajstić information content (AvgIpc) is 2.32. The Kier molecular flexibility index (Phi) is 3.23. The van der Waals surface area contributed by atoms with Crippen LogP contribution in [0.1, 0.15) is 17.3 Å². The third kappa shape index (κ3) is 2.36. The average molecular weight is 236 g/mol. The van der Waals surface area contributed by atoms with Gasteiger partial charge in [0.2, 0.25) is 0 Å². The first-order valence-electron chi connectivity index (χ1n) is 5.59. The number of aromatic nitrogens is 2. The number of hydrogen-bond donors (Lipinski definition) is 1. The van der Waals surface area contributed by atoms with Gasteiger partial charge in [0, 0.05) is 25.7 Å². The third-order valence-electron chi connectivity index (χ3n) is 3.19. The molecule has 1 aliphatic heterocycles. The van der Waals surface area contributed by atoms with E-state index in [1.54, 1.807) is 0 Å². The lowest BCUT2D eigenvalue weighted by molar-refractivity contribution is 0.0696. The largest absolute Gasteiger partial charge is 0.478 e. The highest BCUT2D eigenvalue weighted by atomic mass is 16.4.